The summed E-state index contributed by atoms with van der Waals surface area (Å²) >= 11 is 11.2. The Balaban J connectivity index is 1.83. The molecule has 1 unspecified atom stereocenters. The van der Waals surface area contributed by atoms with Crippen LogP contribution in [0.3, 0.4) is 0 Å². The molecule has 3 rings (SSSR count). The zero-order chi connectivity index (χ0) is 13.2. The molecule has 0 saturated carbocycles. The zero-order valence-electron chi connectivity index (χ0n) is 10.1. The van der Waals surface area contributed by atoms with Crippen molar-refractivity contribution in [1.82, 2.24) is 9.38 Å². The van der Waals surface area contributed by atoms with E-state index in [0.29, 0.717) is 11.8 Å². The first kappa shape index (κ1) is 13.2. The van der Waals surface area contributed by atoms with Crippen LogP contribution < -0.4 is 0 Å². The third-order valence-electron chi connectivity index (χ3n) is 3.13. The van der Waals surface area contributed by atoms with Crippen molar-refractivity contribution >= 4 is 43.8 Å². The fourth-order valence-corrected chi connectivity index (χ4v) is 3.39. The Morgan fingerprint density at radius 3 is 2.79 bits per heavy atom. The van der Waals surface area contributed by atoms with Crippen LogP contribution in [0.15, 0.2) is 46.5 Å². The van der Waals surface area contributed by atoms with Gasteiger partial charge in [-0.1, -0.05) is 28.1 Å². The lowest BCUT2D eigenvalue weighted by Gasteiger charge is -2.12. The Morgan fingerprint density at radius 1 is 1.32 bits per heavy atom. The summed E-state index contributed by atoms with van der Waals surface area (Å²) in [6, 6.07) is 8.35. The first-order valence-electron chi connectivity index (χ1n) is 5.99. The van der Waals surface area contributed by atoms with Crippen molar-refractivity contribution < 1.29 is 0 Å². The average Bonchev–Trinajstić information content (AvgIpc) is 2.98. The maximum atomic E-state index is 6.12. The molecule has 3 aromatic rings. The van der Waals surface area contributed by atoms with Gasteiger partial charge in [0.1, 0.15) is 0 Å². The molecule has 0 amide bonds. The van der Waals surface area contributed by atoms with Crippen molar-refractivity contribution in [3.63, 3.8) is 0 Å². The third-order valence-corrected chi connectivity index (χ3v) is 4.80. The normalized spacial score (nSPS) is 12.9. The molecule has 0 spiro atoms. The van der Waals surface area contributed by atoms with E-state index in [2.05, 4.69) is 55.8 Å². The Labute approximate surface area is 129 Å². The fourth-order valence-electron chi connectivity index (χ4n) is 2.12. The van der Waals surface area contributed by atoms with E-state index in [1.54, 1.807) is 11.3 Å². The van der Waals surface area contributed by atoms with Gasteiger partial charge in [0.15, 0.2) is 4.96 Å². The van der Waals surface area contributed by atoms with E-state index in [9.17, 15) is 0 Å². The minimum atomic E-state index is 0.305. The highest BCUT2D eigenvalue weighted by Gasteiger charge is 2.13. The van der Waals surface area contributed by atoms with Gasteiger partial charge >= 0.3 is 0 Å². The maximum absolute atomic E-state index is 6.12. The molecule has 0 aliphatic heterocycles. The summed E-state index contributed by atoms with van der Waals surface area (Å²) in [7, 11) is 0. The van der Waals surface area contributed by atoms with E-state index >= 15 is 0 Å². The molecular formula is C14H12BrClN2S. The monoisotopic (exact) mass is 354 g/mol. The quantitative estimate of drug-likeness (QED) is 0.619. The molecule has 2 aromatic heterocycles. The number of alkyl halides is 1. The van der Waals surface area contributed by atoms with E-state index < -0.39 is 0 Å². The van der Waals surface area contributed by atoms with E-state index in [4.69, 9.17) is 11.6 Å². The fraction of sp³-hybridized carbons (Fsp3) is 0.214. The number of hydrogen-bond donors (Lipinski definition) is 0. The number of benzene rings is 1. The minimum absolute atomic E-state index is 0.305. The number of hydrogen-bond acceptors (Lipinski definition) is 2. The molecule has 1 aromatic carbocycles. The lowest BCUT2D eigenvalue weighted by Crippen LogP contribution is -2.05. The van der Waals surface area contributed by atoms with E-state index in [0.717, 1.165) is 21.5 Å². The highest BCUT2D eigenvalue weighted by Crippen LogP contribution is 2.24. The lowest BCUT2D eigenvalue weighted by atomic mass is 9.96. The summed E-state index contributed by atoms with van der Waals surface area (Å²) in [6.45, 7) is 0. The third kappa shape index (κ3) is 2.86. The van der Waals surface area contributed by atoms with Gasteiger partial charge in [-0.05, 0) is 24.1 Å². The van der Waals surface area contributed by atoms with Gasteiger partial charge in [-0.15, -0.1) is 22.9 Å². The molecule has 19 heavy (non-hydrogen) atoms. The molecule has 0 saturated heterocycles. The Morgan fingerprint density at radius 2 is 2.11 bits per heavy atom. The molecule has 0 fully saturated rings. The van der Waals surface area contributed by atoms with Gasteiger partial charge in [0.2, 0.25) is 0 Å². The largest absolute Gasteiger partial charge is 0.297 e. The predicted molar refractivity (Wildman–Crippen MR) is 84.4 cm³/mol. The van der Waals surface area contributed by atoms with Crippen molar-refractivity contribution in [1.29, 1.82) is 0 Å². The van der Waals surface area contributed by atoms with Crippen molar-refractivity contribution in [2.45, 2.75) is 12.3 Å². The number of fused-ring (bicyclic) bond motifs is 1. The molecule has 0 aliphatic carbocycles. The lowest BCUT2D eigenvalue weighted by molar-refractivity contribution is 0.752. The number of rotatable bonds is 4. The van der Waals surface area contributed by atoms with Gasteiger partial charge in [-0.25, -0.2) is 4.98 Å². The Kier molecular flexibility index (Phi) is 3.91. The van der Waals surface area contributed by atoms with E-state index in [1.807, 2.05) is 11.6 Å². The molecule has 0 bridgehead atoms. The van der Waals surface area contributed by atoms with Crippen LogP contribution in [-0.2, 0) is 6.42 Å². The number of aromatic nitrogens is 2. The van der Waals surface area contributed by atoms with Gasteiger partial charge < -0.3 is 0 Å². The molecule has 5 heteroatoms. The Bertz CT molecular complexity index is 646. The van der Waals surface area contributed by atoms with Crippen molar-refractivity contribution in [3.05, 3.63) is 57.8 Å². The average molecular weight is 356 g/mol. The van der Waals surface area contributed by atoms with Gasteiger partial charge in [-0.2, -0.15) is 0 Å². The van der Waals surface area contributed by atoms with Crippen LogP contribution in [0.2, 0.25) is 0 Å². The topological polar surface area (TPSA) is 17.3 Å². The van der Waals surface area contributed by atoms with Gasteiger partial charge in [-0.3, -0.25) is 4.40 Å². The highest BCUT2D eigenvalue weighted by molar-refractivity contribution is 9.10. The zero-order valence-corrected chi connectivity index (χ0v) is 13.3. The second kappa shape index (κ2) is 5.65. The summed E-state index contributed by atoms with van der Waals surface area (Å²) in [6.07, 6.45) is 5.00. The molecule has 98 valence electrons. The maximum Gasteiger partial charge on any atom is 0.193 e. The van der Waals surface area contributed by atoms with E-state index in [1.165, 1.54) is 5.56 Å². The molecule has 1 atom stereocenters. The summed E-state index contributed by atoms with van der Waals surface area (Å²) in [5, 5.41) is 2.04. The van der Waals surface area contributed by atoms with Crippen LogP contribution in [0.4, 0.5) is 0 Å². The van der Waals surface area contributed by atoms with Crippen LogP contribution in [0.25, 0.3) is 4.96 Å². The van der Waals surface area contributed by atoms with Gasteiger partial charge in [0.25, 0.3) is 0 Å². The van der Waals surface area contributed by atoms with Gasteiger partial charge in [0.05, 0.1) is 5.69 Å². The minimum Gasteiger partial charge on any atom is -0.297 e. The van der Waals surface area contributed by atoms with Crippen molar-refractivity contribution in [2.24, 2.45) is 0 Å². The first-order chi connectivity index (χ1) is 9.26. The van der Waals surface area contributed by atoms with Crippen LogP contribution in [0, 0.1) is 0 Å². The summed E-state index contributed by atoms with van der Waals surface area (Å²) in [5.41, 5.74) is 2.36. The number of imidazole rings is 1. The second-order valence-corrected chi connectivity index (χ2v) is 6.53. The summed E-state index contributed by atoms with van der Waals surface area (Å²) in [5.74, 6) is 0.909. The highest BCUT2D eigenvalue weighted by atomic mass is 79.9. The predicted octanol–water partition coefficient (Wildman–Crippen LogP) is 4.72. The Hall–Kier alpha value is -0.840. The molecule has 0 N–H and O–H groups in total. The summed E-state index contributed by atoms with van der Waals surface area (Å²) in [4.78, 5) is 5.66. The molecule has 0 aliphatic rings. The van der Waals surface area contributed by atoms with Crippen LogP contribution >= 0.6 is 38.9 Å². The van der Waals surface area contributed by atoms with Crippen LogP contribution in [0.5, 0.6) is 0 Å². The number of thiazole rings is 1. The number of halogens is 2. The van der Waals surface area contributed by atoms with E-state index in [-0.39, 0.29) is 0 Å². The molecule has 2 heterocycles. The summed E-state index contributed by atoms with van der Waals surface area (Å²) < 4.78 is 3.15. The molecule has 0 radical (unpaired) electrons. The van der Waals surface area contributed by atoms with Gasteiger partial charge in [0, 0.05) is 34.0 Å². The molecular weight excluding hydrogens is 344 g/mol. The SMILES string of the molecule is ClCC(Cc1cn2ccsc2n1)c1ccc(Br)cc1. The second-order valence-electron chi connectivity index (χ2n) is 4.43. The number of nitrogens with zero attached hydrogens (tertiary/aromatic N) is 2. The standard InChI is InChI=1S/C14H12BrClN2S/c15-12-3-1-10(2-4-12)11(8-16)7-13-9-18-5-6-19-14(18)17-13/h1-6,9,11H,7-8H2. The smallest absolute Gasteiger partial charge is 0.193 e. The van der Waals surface area contributed by atoms with Crippen LogP contribution in [0.1, 0.15) is 17.2 Å². The van der Waals surface area contributed by atoms with Crippen molar-refractivity contribution in [3.8, 4) is 0 Å². The molecule has 2 nitrogen and oxygen atoms in total. The van der Waals surface area contributed by atoms with Crippen molar-refractivity contribution in [2.75, 3.05) is 5.88 Å². The van der Waals surface area contributed by atoms with Crippen LogP contribution in [-0.4, -0.2) is 15.3 Å². The first-order valence-corrected chi connectivity index (χ1v) is 8.19.